The Balaban J connectivity index is 2.53. The van der Waals surface area contributed by atoms with Gasteiger partial charge in [-0.15, -0.1) is 22.9 Å². The van der Waals surface area contributed by atoms with E-state index in [1.165, 1.54) is 11.3 Å². The molecule has 7 heteroatoms. The van der Waals surface area contributed by atoms with E-state index in [1.54, 1.807) is 0 Å². The van der Waals surface area contributed by atoms with Crippen LogP contribution >= 0.6 is 22.9 Å². The molecule has 1 N–H and O–H groups in total. The predicted octanol–water partition coefficient (Wildman–Crippen LogP) is 1.07. The number of rotatable bonds is 4. The zero-order valence-corrected chi connectivity index (χ0v) is 9.34. The van der Waals surface area contributed by atoms with Crippen molar-refractivity contribution in [2.45, 2.75) is 13.5 Å². The molecule has 0 aliphatic rings. The van der Waals surface area contributed by atoms with Crippen molar-refractivity contribution in [3.8, 4) is 0 Å². The van der Waals surface area contributed by atoms with E-state index in [2.05, 4.69) is 9.71 Å². The van der Waals surface area contributed by atoms with Gasteiger partial charge < -0.3 is 0 Å². The molecule has 0 bridgehead atoms. The standard InChI is InChI=1S/C6H9ClN2O2S2/c1-5-9-6(3-12-5)2-8-13(10,11)4-7/h3,8H,2,4H2,1H3. The molecule has 0 unspecified atom stereocenters. The number of nitrogens with zero attached hydrogens (tertiary/aromatic N) is 1. The van der Waals surface area contributed by atoms with E-state index < -0.39 is 15.2 Å². The summed E-state index contributed by atoms with van der Waals surface area (Å²) < 4.78 is 24.1. The number of aromatic nitrogens is 1. The van der Waals surface area contributed by atoms with E-state index in [9.17, 15) is 8.42 Å². The molecule has 0 aliphatic heterocycles. The summed E-state index contributed by atoms with van der Waals surface area (Å²) in [6, 6.07) is 0. The Morgan fingerprint density at radius 2 is 2.38 bits per heavy atom. The summed E-state index contributed by atoms with van der Waals surface area (Å²) in [6.45, 7) is 2.07. The van der Waals surface area contributed by atoms with Crippen LogP contribution in [0.3, 0.4) is 0 Å². The first-order valence-corrected chi connectivity index (χ1v) is 6.54. The molecule has 0 aromatic carbocycles. The van der Waals surface area contributed by atoms with Crippen LogP contribution in [0, 0.1) is 6.92 Å². The van der Waals surface area contributed by atoms with Gasteiger partial charge in [-0.1, -0.05) is 0 Å². The molecule has 0 radical (unpaired) electrons. The summed E-state index contributed by atoms with van der Waals surface area (Å²) in [5.74, 6) is 0. The lowest BCUT2D eigenvalue weighted by Crippen LogP contribution is -2.24. The van der Waals surface area contributed by atoms with Crippen molar-refractivity contribution < 1.29 is 8.42 Å². The summed E-state index contributed by atoms with van der Waals surface area (Å²) in [5, 5.41) is 2.31. The highest BCUT2D eigenvalue weighted by atomic mass is 35.5. The number of alkyl halides is 1. The van der Waals surface area contributed by atoms with Crippen LogP contribution in [0.5, 0.6) is 0 Å². The molecule has 74 valence electrons. The lowest BCUT2D eigenvalue weighted by molar-refractivity contribution is 0.585. The number of aryl methyl sites for hydroxylation is 1. The number of sulfonamides is 1. The van der Waals surface area contributed by atoms with Crippen LogP contribution in [0.25, 0.3) is 0 Å². The zero-order valence-electron chi connectivity index (χ0n) is 6.95. The minimum atomic E-state index is -3.33. The minimum Gasteiger partial charge on any atom is -0.245 e. The summed E-state index contributed by atoms with van der Waals surface area (Å²) in [7, 11) is -3.33. The fraction of sp³-hybridized carbons (Fsp3) is 0.500. The monoisotopic (exact) mass is 240 g/mol. The van der Waals surface area contributed by atoms with Crippen LogP contribution in [-0.4, -0.2) is 18.6 Å². The van der Waals surface area contributed by atoms with E-state index in [0.717, 1.165) is 10.7 Å². The van der Waals surface area contributed by atoms with Crippen molar-refractivity contribution in [3.05, 3.63) is 16.1 Å². The van der Waals surface area contributed by atoms with Crippen molar-refractivity contribution in [2.75, 3.05) is 5.21 Å². The van der Waals surface area contributed by atoms with Gasteiger partial charge >= 0.3 is 0 Å². The van der Waals surface area contributed by atoms with Crippen molar-refractivity contribution in [3.63, 3.8) is 0 Å². The van der Waals surface area contributed by atoms with Crippen LogP contribution in [-0.2, 0) is 16.6 Å². The van der Waals surface area contributed by atoms with Gasteiger partial charge in [-0.2, -0.15) is 0 Å². The first kappa shape index (κ1) is 10.9. The highest BCUT2D eigenvalue weighted by molar-refractivity contribution is 7.90. The van der Waals surface area contributed by atoms with Crippen molar-refractivity contribution in [1.29, 1.82) is 0 Å². The van der Waals surface area contributed by atoms with Gasteiger partial charge in [-0.3, -0.25) is 0 Å². The second kappa shape index (κ2) is 4.36. The lowest BCUT2D eigenvalue weighted by Gasteiger charge is -1.99. The van der Waals surface area contributed by atoms with Gasteiger partial charge in [0.2, 0.25) is 10.0 Å². The van der Waals surface area contributed by atoms with E-state index in [-0.39, 0.29) is 6.54 Å². The lowest BCUT2D eigenvalue weighted by atomic mass is 10.5. The van der Waals surface area contributed by atoms with E-state index >= 15 is 0 Å². The van der Waals surface area contributed by atoms with Crippen molar-refractivity contribution >= 4 is 33.0 Å². The van der Waals surface area contributed by atoms with Gasteiger partial charge in [0, 0.05) is 5.38 Å². The first-order valence-electron chi connectivity index (χ1n) is 3.48. The molecular weight excluding hydrogens is 232 g/mol. The maximum absolute atomic E-state index is 10.9. The molecule has 1 rings (SSSR count). The Labute approximate surface area is 86.0 Å². The number of hydrogen-bond donors (Lipinski definition) is 1. The maximum Gasteiger partial charge on any atom is 0.226 e. The normalized spacial score (nSPS) is 11.8. The molecule has 13 heavy (non-hydrogen) atoms. The van der Waals surface area contributed by atoms with E-state index in [0.29, 0.717) is 0 Å². The molecule has 0 amide bonds. The Hall–Kier alpha value is -0.170. The number of halogens is 1. The van der Waals surface area contributed by atoms with Crippen LogP contribution in [0.2, 0.25) is 0 Å². The molecule has 4 nitrogen and oxygen atoms in total. The highest BCUT2D eigenvalue weighted by Gasteiger charge is 2.08. The Morgan fingerprint density at radius 1 is 1.69 bits per heavy atom. The maximum atomic E-state index is 10.9. The molecule has 0 atom stereocenters. The number of hydrogen-bond acceptors (Lipinski definition) is 4. The van der Waals surface area contributed by atoms with E-state index in [1.807, 2.05) is 12.3 Å². The second-order valence-electron chi connectivity index (χ2n) is 2.40. The van der Waals surface area contributed by atoms with Gasteiger partial charge in [0.25, 0.3) is 0 Å². The van der Waals surface area contributed by atoms with Gasteiger partial charge in [0.15, 0.2) is 0 Å². The topological polar surface area (TPSA) is 59.1 Å². The van der Waals surface area contributed by atoms with Crippen LogP contribution < -0.4 is 4.72 Å². The Bertz CT molecular complexity index is 374. The number of thiazole rings is 1. The largest absolute Gasteiger partial charge is 0.245 e. The molecule has 0 spiro atoms. The average molecular weight is 241 g/mol. The third-order valence-corrected chi connectivity index (χ3v) is 3.84. The van der Waals surface area contributed by atoms with Gasteiger partial charge in [0.1, 0.15) is 5.21 Å². The van der Waals surface area contributed by atoms with Gasteiger partial charge in [0.05, 0.1) is 17.2 Å². The van der Waals surface area contributed by atoms with Crippen molar-refractivity contribution in [2.24, 2.45) is 0 Å². The third kappa shape index (κ3) is 3.60. The summed E-state index contributed by atoms with van der Waals surface area (Å²) >= 11 is 6.68. The average Bonchev–Trinajstić information content (AvgIpc) is 2.48. The fourth-order valence-corrected chi connectivity index (χ4v) is 2.00. The minimum absolute atomic E-state index is 0.208. The quantitative estimate of drug-likeness (QED) is 0.801. The SMILES string of the molecule is Cc1nc(CNS(=O)(=O)CCl)cs1. The smallest absolute Gasteiger partial charge is 0.226 e. The Kier molecular flexibility index (Phi) is 3.66. The second-order valence-corrected chi connectivity index (χ2v) is 5.86. The van der Waals surface area contributed by atoms with Crippen LogP contribution in [0.4, 0.5) is 0 Å². The van der Waals surface area contributed by atoms with Gasteiger partial charge in [-0.05, 0) is 6.92 Å². The fourth-order valence-electron chi connectivity index (χ4n) is 0.712. The molecule has 0 saturated carbocycles. The molecule has 0 fully saturated rings. The molecule has 1 aromatic heterocycles. The molecular formula is C6H9ClN2O2S2. The zero-order chi connectivity index (χ0) is 9.90. The molecule has 1 aromatic rings. The van der Waals surface area contributed by atoms with Crippen LogP contribution in [0.1, 0.15) is 10.7 Å². The highest BCUT2D eigenvalue weighted by Crippen LogP contribution is 2.07. The molecule has 0 aliphatic carbocycles. The third-order valence-electron chi connectivity index (χ3n) is 1.28. The number of nitrogens with one attached hydrogen (secondary N) is 1. The van der Waals surface area contributed by atoms with Gasteiger partial charge in [-0.25, -0.2) is 18.1 Å². The molecule has 1 heterocycles. The molecule has 0 saturated heterocycles. The first-order chi connectivity index (χ1) is 6.03. The predicted molar refractivity (Wildman–Crippen MR) is 53.3 cm³/mol. The summed E-state index contributed by atoms with van der Waals surface area (Å²) in [5.41, 5.74) is 0.719. The van der Waals surface area contributed by atoms with Crippen molar-refractivity contribution in [1.82, 2.24) is 9.71 Å². The summed E-state index contributed by atoms with van der Waals surface area (Å²) in [6.07, 6.45) is 0. The van der Waals surface area contributed by atoms with E-state index in [4.69, 9.17) is 11.6 Å². The van der Waals surface area contributed by atoms with Crippen LogP contribution in [0.15, 0.2) is 5.38 Å². The Morgan fingerprint density at radius 3 is 2.85 bits per heavy atom. The summed E-state index contributed by atoms with van der Waals surface area (Å²) in [4.78, 5) is 4.10.